The maximum Gasteiger partial charge on any atom is 0.0650 e. The van der Waals surface area contributed by atoms with Gasteiger partial charge in [-0.15, -0.1) is 0 Å². The van der Waals surface area contributed by atoms with E-state index in [-0.39, 0.29) is 0 Å². The maximum atomic E-state index is 10.9. The predicted molar refractivity (Wildman–Crippen MR) is 126 cm³/mol. The molecule has 0 aromatic carbocycles. The standard InChI is InChI=1S/C27H54O/c1-4-5-6-7-8-9-10-11-12-13-14-15-16-18-21-25(2)24-27(3,28)26-22-19-17-20-23-26/h25-26,28H,4-24H2,1-3H3. The van der Waals surface area contributed by atoms with Gasteiger partial charge in [0.25, 0.3) is 0 Å². The quantitative estimate of drug-likeness (QED) is 0.230. The van der Waals surface area contributed by atoms with Crippen LogP contribution in [-0.2, 0) is 0 Å². The highest BCUT2D eigenvalue weighted by molar-refractivity contribution is 4.85. The van der Waals surface area contributed by atoms with Crippen molar-refractivity contribution in [1.82, 2.24) is 0 Å². The molecule has 0 spiro atoms. The van der Waals surface area contributed by atoms with Gasteiger partial charge in [-0.2, -0.15) is 0 Å². The molecule has 0 amide bonds. The molecule has 1 heteroatoms. The fraction of sp³-hybridized carbons (Fsp3) is 1.00. The van der Waals surface area contributed by atoms with E-state index in [9.17, 15) is 5.11 Å². The van der Waals surface area contributed by atoms with E-state index >= 15 is 0 Å². The summed E-state index contributed by atoms with van der Waals surface area (Å²) in [6.45, 7) is 6.77. The Hall–Kier alpha value is -0.0400. The van der Waals surface area contributed by atoms with Crippen molar-refractivity contribution in [3.63, 3.8) is 0 Å². The van der Waals surface area contributed by atoms with Crippen molar-refractivity contribution in [2.45, 2.75) is 161 Å². The van der Waals surface area contributed by atoms with Crippen LogP contribution in [0.5, 0.6) is 0 Å². The van der Waals surface area contributed by atoms with E-state index in [2.05, 4.69) is 20.8 Å². The molecule has 2 unspecified atom stereocenters. The molecule has 1 rings (SSSR count). The maximum absolute atomic E-state index is 10.9. The van der Waals surface area contributed by atoms with Gasteiger partial charge in [-0.3, -0.25) is 0 Å². The van der Waals surface area contributed by atoms with E-state index in [1.807, 2.05) is 0 Å². The molecule has 2 atom stereocenters. The summed E-state index contributed by atoms with van der Waals surface area (Å²) in [6.07, 6.45) is 28.9. The first-order chi connectivity index (χ1) is 13.6. The summed E-state index contributed by atoms with van der Waals surface area (Å²) < 4.78 is 0. The van der Waals surface area contributed by atoms with Gasteiger partial charge < -0.3 is 5.11 Å². The van der Waals surface area contributed by atoms with Crippen LogP contribution in [0, 0.1) is 11.8 Å². The van der Waals surface area contributed by atoms with Crippen molar-refractivity contribution in [3.8, 4) is 0 Å². The molecule has 0 bridgehead atoms. The highest BCUT2D eigenvalue weighted by Crippen LogP contribution is 2.37. The van der Waals surface area contributed by atoms with E-state index < -0.39 is 5.60 Å². The van der Waals surface area contributed by atoms with Crippen molar-refractivity contribution < 1.29 is 5.11 Å². The second-order valence-corrected chi connectivity index (χ2v) is 10.4. The summed E-state index contributed by atoms with van der Waals surface area (Å²) in [5, 5.41) is 10.9. The molecule has 28 heavy (non-hydrogen) atoms. The SMILES string of the molecule is CCCCCCCCCCCCCCCCC(C)CC(C)(O)C1CCCCC1. The highest BCUT2D eigenvalue weighted by atomic mass is 16.3. The van der Waals surface area contributed by atoms with E-state index in [1.165, 1.54) is 128 Å². The molecule has 0 heterocycles. The van der Waals surface area contributed by atoms with E-state index in [0.29, 0.717) is 11.8 Å². The minimum atomic E-state index is -0.421. The Morgan fingerprint density at radius 3 is 1.61 bits per heavy atom. The molecule has 1 N–H and O–H groups in total. The fourth-order valence-electron chi connectivity index (χ4n) is 5.39. The lowest BCUT2D eigenvalue weighted by atomic mass is 9.73. The minimum Gasteiger partial charge on any atom is -0.390 e. The number of hydrogen-bond acceptors (Lipinski definition) is 1. The van der Waals surface area contributed by atoms with Crippen LogP contribution in [0.15, 0.2) is 0 Å². The zero-order chi connectivity index (χ0) is 20.5. The Morgan fingerprint density at radius 2 is 1.14 bits per heavy atom. The third-order valence-corrected chi connectivity index (χ3v) is 7.30. The third kappa shape index (κ3) is 13.2. The summed E-state index contributed by atoms with van der Waals surface area (Å²) in [7, 11) is 0. The fourth-order valence-corrected chi connectivity index (χ4v) is 5.39. The highest BCUT2D eigenvalue weighted by Gasteiger charge is 2.33. The Balaban J connectivity index is 1.87. The molecule has 1 saturated carbocycles. The van der Waals surface area contributed by atoms with Gasteiger partial charge in [0.1, 0.15) is 0 Å². The smallest absolute Gasteiger partial charge is 0.0650 e. The number of rotatable bonds is 18. The van der Waals surface area contributed by atoms with Crippen LogP contribution in [0.2, 0.25) is 0 Å². The molecule has 0 aliphatic heterocycles. The van der Waals surface area contributed by atoms with Crippen LogP contribution in [0.3, 0.4) is 0 Å². The van der Waals surface area contributed by atoms with Crippen molar-refractivity contribution in [2.75, 3.05) is 0 Å². The monoisotopic (exact) mass is 394 g/mol. The van der Waals surface area contributed by atoms with E-state index in [1.54, 1.807) is 0 Å². The van der Waals surface area contributed by atoms with Crippen molar-refractivity contribution >= 4 is 0 Å². The summed E-state index contributed by atoms with van der Waals surface area (Å²) in [6, 6.07) is 0. The molecule has 0 saturated heterocycles. The van der Waals surface area contributed by atoms with Gasteiger partial charge in [-0.05, 0) is 38.0 Å². The van der Waals surface area contributed by atoms with Crippen LogP contribution in [-0.4, -0.2) is 10.7 Å². The second-order valence-electron chi connectivity index (χ2n) is 10.4. The summed E-state index contributed by atoms with van der Waals surface area (Å²) in [5.41, 5.74) is -0.421. The first kappa shape index (κ1) is 26.0. The summed E-state index contributed by atoms with van der Waals surface area (Å²) in [4.78, 5) is 0. The molecule has 1 aliphatic rings. The number of unbranched alkanes of at least 4 members (excludes halogenated alkanes) is 13. The van der Waals surface area contributed by atoms with Crippen molar-refractivity contribution in [1.29, 1.82) is 0 Å². The molecule has 0 aromatic rings. The van der Waals surface area contributed by atoms with Crippen LogP contribution in [0.25, 0.3) is 0 Å². The average Bonchev–Trinajstić information content (AvgIpc) is 2.68. The lowest BCUT2D eigenvalue weighted by molar-refractivity contribution is -0.0352. The molecule has 1 nitrogen and oxygen atoms in total. The number of aliphatic hydroxyl groups is 1. The zero-order valence-electron chi connectivity index (χ0n) is 20.0. The van der Waals surface area contributed by atoms with Crippen molar-refractivity contribution in [2.24, 2.45) is 11.8 Å². The first-order valence-electron chi connectivity index (χ1n) is 13.3. The molecule has 1 fully saturated rings. The van der Waals surface area contributed by atoms with E-state index in [0.717, 1.165) is 6.42 Å². The summed E-state index contributed by atoms with van der Waals surface area (Å²) in [5.74, 6) is 1.23. The molecular weight excluding hydrogens is 340 g/mol. The minimum absolute atomic E-state index is 0.421. The van der Waals surface area contributed by atoms with Crippen LogP contribution >= 0.6 is 0 Å². The largest absolute Gasteiger partial charge is 0.390 e. The van der Waals surface area contributed by atoms with Gasteiger partial charge >= 0.3 is 0 Å². The van der Waals surface area contributed by atoms with Crippen LogP contribution < -0.4 is 0 Å². The third-order valence-electron chi connectivity index (χ3n) is 7.30. The molecule has 1 aliphatic carbocycles. The van der Waals surface area contributed by atoms with Crippen molar-refractivity contribution in [3.05, 3.63) is 0 Å². The van der Waals surface area contributed by atoms with Gasteiger partial charge in [-0.25, -0.2) is 0 Å². The topological polar surface area (TPSA) is 20.2 Å². The van der Waals surface area contributed by atoms with Crippen LogP contribution in [0.4, 0.5) is 0 Å². The summed E-state index contributed by atoms with van der Waals surface area (Å²) >= 11 is 0. The van der Waals surface area contributed by atoms with Crippen LogP contribution in [0.1, 0.15) is 156 Å². The van der Waals surface area contributed by atoms with E-state index in [4.69, 9.17) is 0 Å². The Kier molecular flexibility index (Phi) is 15.5. The Labute approximate surface area is 178 Å². The van der Waals surface area contributed by atoms with Gasteiger partial charge in [-0.1, -0.05) is 129 Å². The van der Waals surface area contributed by atoms with Gasteiger partial charge in [0, 0.05) is 0 Å². The zero-order valence-corrected chi connectivity index (χ0v) is 20.0. The van der Waals surface area contributed by atoms with Gasteiger partial charge in [0.05, 0.1) is 5.60 Å². The second kappa shape index (κ2) is 16.7. The van der Waals surface area contributed by atoms with Gasteiger partial charge in [0.2, 0.25) is 0 Å². The van der Waals surface area contributed by atoms with Gasteiger partial charge in [0.15, 0.2) is 0 Å². The predicted octanol–water partition coefficient (Wildman–Crippen LogP) is 9.22. The average molecular weight is 395 g/mol. The Morgan fingerprint density at radius 1 is 0.714 bits per heavy atom. The number of hydrogen-bond donors (Lipinski definition) is 1. The molecule has 0 aromatic heterocycles. The Bertz CT molecular complexity index is 329. The molecule has 0 radical (unpaired) electrons. The normalized spacial score (nSPS) is 18.9. The lowest BCUT2D eigenvalue weighted by Gasteiger charge is -2.37. The lowest BCUT2D eigenvalue weighted by Crippen LogP contribution is -2.37. The first-order valence-corrected chi connectivity index (χ1v) is 13.3. The molecular formula is C27H54O. The molecule has 168 valence electrons.